The second-order valence-corrected chi connectivity index (χ2v) is 13.9. The first-order chi connectivity index (χ1) is 12.7. The maximum atomic E-state index is 3.73. The van der Waals surface area contributed by atoms with Crippen molar-refractivity contribution in [3.63, 3.8) is 0 Å². The molecule has 0 aliphatic rings. The Morgan fingerprint density at radius 3 is 2.00 bits per heavy atom. The molecule has 2 aromatic carbocycles. The third-order valence-corrected chi connectivity index (χ3v) is 10.3. The van der Waals surface area contributed by atoms with Gasteiger partial charge >= 0.3 is 0 Å². The van der Waals surface area contributed by atoms with Crippen LogP contribution in [0.4, 0.5) is 0 Å². The molecule has 0 nitrogen and oxygen atoms in total. The quantitative estimate of drug-likeness (QED) is 0.374. The highest BCUT2D eigenvalue weighted by Crippen LogP contribution is 2.35. The molecule has 0 fully saturated rings. The van der Waals surface area contributed by atoms with Crippen LogP contribution in [0.15, 0.2) is 66.2 Å². The molecule has 0 amide bonds. The fourth-order valence-electron chi connectivity index (χ4n) is 2.74. The van der Waals surface area contributed by atoms with Gasteiger partial charge < -0.3 is 0 Å². The summed E-state index contributed by atoms with van der Waals surface area (Å²) in [7, 11) is -1.61. The second kappa shape index (κ2) is 9.24. The Kier molecular flexibility index (Phi) is 7.28. The molecule has 0 aliphatic carbocycles. The van der Waals surface area contributed by atoms with E-state index < -0.39 is 8.07 Å². The smallest absolute Gasteiger partial charge is 0.126 e. The van der Waals surface area contributed by atoms with Gasteiger partial charge in [-0.05, 0) is 47.9 Å². The van der Waals surface area contributed by atoms with E-state index in [0.29, 0.717) is 0 Å². The number of hydrogen-bond acceptors (Lipinski definition) is 0. The van der Waals surface area contributed by atoms with Crippen LogP contribution in [0.1, 0.15) is 51.7 Å². The van der Waals surface area contributed by atoms with E-state index in [4.69, 9.17) is 0 Å². The third kappa shape index (κ3) is 6.26. The van der Waals surface area contributed by atoms with Gasteiger partial charge in [0.2, 0.25) is 0 Å². The molecule has 0 aromatic heterocycles. The van der Waals surface area contributed by atoms with Gasteiger partial charge in [-0.15, -0.1) is 5.54 Å². The molecule has 0 aliphatic heterocycles. The zero-order chi connectivity index (χ0) is 19.9. The van der Waals surface area contributed by atoms with Gasteiger partial charge in [0.05, 0.1) is 0 Å². The summed E-state index contributed by atoms with van der Waals surface area (Å²) >= 11 is 0. The molecule has 0 bridgehead atoms. The number of allylic oxidation sites excluding steroid dienone is 2. The van der Waals surface area contributed by atoms with E-state index in [1.165, 1.54) is 22.3 Å². The van der Waals surface area contributed by atoms with E-state index in [1.54, 1.807) is 0 Å². The lowest BCUT2D eigenvalue weighted by molar-refractivity contribution is 0.731. The zero-order valence-corrected chi connectivity index (χ0v) is 18.9. The number of benzene rings is 2. The van der Waals surface area contributed by atoms with Gasteiger partial charge in [-0.25, -0.2) is 0 Å². The van der Waals surface area contributed by atoms with E-state index >= 15 is 0 Å². The van der Waals surface area contributed by atoms with Gasteiger partial charge in [0.15, 0.2) is 0 Å². The van der Waals surface area contributed by atoms with Crippen LogP contribution in [0.5, 0.6) is 0 Å². The van der Waals surface area contributed by atoms with Gasteiger partial charge in [0.1, 0.15) is 8.07 Å². The summed E-state index contributed by atoms with van der Waals surface area (Å²) in [6, 6.07) is 21.5. The highest BCUT2D eigenvalue weighted by atomic mass is 28.3. The molecule has 0 saturated carbocycles. The molecule has 142 valence electrons. The average molecular weight is 375 g/mol. The summed E-state index contributed by atoms with van der Waals surface area (Å²) in [5, 5.41) is 0.288. The standard InChI is InChI=1S/C26H34Si/c1-22(24-17-11-8-12-18-24)25(20-21-27(5,6)26(2,3)4)19-13-16-23-14-9-7-10-15-23/h7-12,14-15,17-18H,13,16,19H2,1-6H3/b25-22+. The van der Waals surface area contributed by atoms with E-state index in [-0.39, 0.29) is 5.04 Å². The number of rotatable bonds is 5. The van der Waals surface area contributed by atoms with Crippen molar-refractivity contribution in [2.24, 2.45) is 0 Å². The molecule has 1 heteroatoms. The normalized spacial score (nSPS) is 12.8. The average Bonchev–Trinajstić information content (AvgIpc) is 2.64. The van der Waals surface area contributed by atoms with Crippen LogP contribution < -0.4 is 0 Å². The molecule has 0 radical (unpaired) electrons. The van der Waals surface area contributed by atoms with Gasteiger partial charge in [0.25, 0.3) is 0 Å². The molecule has 0 heterocycles. The highest BCUT2D eigenvalue weighted by molar-refractivity contribution is 6.87. The van der Waals surface area contributed by atoms with Crippen molar-refractivity contribution in [3.8, 4) is 11.5 Å². The summed E-state index contributed by atoms with van der Waals surface area (Å²) in [5.41, 5.74) is 9.06. The Morgan fingerprint density at radius 1 is 0.889 bits per heavy atom. The lowest BCUT2D eigenvalue weighted by Gasteiger charge is -2.31. The molecule has 0 spiro atoms. The molecule has 2 rings (SSSR count). The van der Waals surface area contributed by atoms with Gasteiger partial charge in [-0.2, -0.15) is 0 Å². The molecule has 0 unspecified atom stereocenters. The van der Waals surface area contributed by atoms with Gasteiger partial charge in [-0.3, -0.25) is 0 Å². The molecule has 0 N–H and O–H groups in total. The van der Waals surface area contributed by atoms with Crippen molar-refractivity contribution >= 4 is 13.6 Å². The van der Waals surface area contributed by atoms with Crippen LogP contribution in [0.2, 0.25) is 18.1 Å². The Hall–Kier alpha value is -2.04. The Balaban J connectivity index is 2.27. The largest absolute Gasteiger partial charge is 0.138 e. The minimum atomic E-state index is -1.61. The van der Waals surface area contributed by atoms with Crippen molar-refractivity contribution in [1.29, 1.82) is 0 Å². The first-order valence-electron chi connectivity index (χ1n) is 10.0. The SMILES string of the molecule is C/C(=C(\C#C[Si](C)(C)C(C)(C)C)CCCc1ccccc1)c1ccccc1. The Bertz CT molecular complexity index is 809. The lowest BCUT2D eigenvalue weighted by Crippen LogP contribution is -2.35. The first-order valence-corrected chi connectivity index (χ1v) is 13.0. The molecule has 2 aromatic rings. The highest BCUT2D eigenvalue weighted by Gasteiger charge is 2.33. The molecular formula is C26H34Si. The lowest BCUT2D eigenvalue weighted by atomic mass is 9.97. The zero-order valence-electron chi connectivity index (χ0n) is 17.9. The summed E-state index contributed by atoms with van der Waals surface area (Å²) in [5.74, 6) is 3.64. The van der Waals surface area contributed by atoms with Crippen molar-refractivity contribution in [1.82, 2.24) is 0 Å². The summed E-state index contributed by atoms with van der Waals surface area (Å²) < 4.78 is 0. The predicted molar refractivity (Wildman–Crippen MR) is 123 cm³/mol. The third-order valence-electron chi connectivity index (χ3n) is 5.80. The van der Waals surface area contributed by atoms with Crippen LogP contribution in [-0.2, 0) is 6.42 Å². The molecule has 27 heavy (non-hydrogen) atoms. The van der Waals surface area contributed by atoms with Crippen LogP contribution in [0.3, 0.4) is 0 Å². The maximum Gasteiger partial charge on any atom is 0.138 e. The second-order valence-electron chi connectivity index (χ2n) is 8.93. The topological polar surface area (TPSA) is 0 Å². The van der Waals surface area contributed by atoms with Crippen LogP contribution in [0, 0.1) is 11.5 Å². The van der Waals surface area contributed by atoms with E-state index in [9.17, 15) is 0 Å². The number of hydrogen-bond donors (Lipinski definition) is 0. The van der Waals surface area contributed by atoms with E-state index in [2.05, 4.69) is 113 Å². The van der Waals surface area contributed by atoms with Gasteiger partial charge in [-0.1, -0.05) is 100 Å². The van der Waals surface area contributed by atoms with Crippen molar-refractivity contribution in [2.45, 2.75) is 65.1 Å². The van der Waals surface area contributed by atoms with Crippen molar-refractivity contribution in [3.05, 3.63) is 77.4 Å². The van der Waals surface area contributed by atoms with Crippen LogP contribution in [0.25, 0.3) is 5.57 Å². The Morgan fingerprint density at radius 2 is 1.44 bits per heavy atom. The maximum absolute atomic E-state index is 3.73. The van der Waals surface area contributed by atoms with Crippen LogP contribution in [-0.4, -0.2) is 8.07 Å². The van der Waals surface area contributed by atoms with E-state index in [0.717, 1.165) is 19.3 Å². The van der Waals surface area contributed by atoms with Crippen LogP contribution >= 0.6 is 0 Å². The monoisotopic (exact) mass is 374 g/mol. The fourth-order valence-corrected chi connectivity index (χ4v) is 3.58. The number of aryl methyl sites for hydroxylation is 1. The summed E-state index contributed by atoms with van der Waals surface area (Å²) in [6.07, 6.45) is 3.28. The van der Waals surface area contributed by atoms with Gasteiger partial charge in [0, 0.05) is 5.57 Å². The fraction of sp³-hybridized carbons (Fsp3) is 0.385. The predicted octanol–water partition coefficient (Wildman–Crippen LogP) is 7.53. The van der Waals surface area contributed by atoms with E-state index in [1.807, 2.05) is 0 Å². The van der Waals surface area contributed by atoms with Crippen molar-refractivity contribution < 1.29 is 0 Å². The summed E-state index contributed by atoms with van der Waals surface area (Å²) in [4.78, 5) is 0. The molecule has 0 atom stereocenters. The summed E-state index contributed by atoms with van der Waals surface area (Å²) in [6.45, 7) is 14.0. The molecule has 0 saturated heterocycles. The molecular weight excluding hydrogens is 340 g/mol. The first kappa shape index (κ1) is 21.3. The Labute approximate surface area is 167 Å². The minimum Gasteiger partial charge on any atom is -0.126 e. The minimum absolute atomic E-state index is 0.288. The van der Waals surface area contributed by atoms with Crippen molar-refractivity contribution in [2.75, 3.05) is 0 Å².